The topological polar surface area (TPSA) is 60.3 Å². The molecule has 1 aromatic carbocycles. The van der Waals surface area contributed by atoms with E-state index < -0.39 is 23.8 Å². The Kier molecular flexibility index (Phi) is 5.44. The number of hydrogen-bond acceptors (Lipinski definition) is 3. The highest BCUT2D eigenvalue weighted by Gasteiger charge is 2.26. The summed E-state index contributed by atoms with van der Waals surface area (Å²) >= 11 is 0. The third-order valence-electron chi connectivity index (χ3n) is 4.63. The maximum absolute atomic E-state index is 13.6. The van der Waals surface area contributed by atoms with Gasteiger partial charge in [0.25, 0.3) is 5.91 Å². The largest absolute Gasteiger partial charge is 0.449 e. The first-order valence-electron chi connectivity index (χ1n) is 8.99. The molecule has 1 atom stereocenters. The number of ether oxygens (including phenoxy) is 1. The van der Waals surface area contributed by atoms with Gasteiger partial charge < -0.3 is 14.6 Å². The van der Waals surface area contributed by atoms with Gasteiger partial charge in [-0.15, -0.1) is 0 Å². The number of halogens is 1. The molecule has 0 bridgehead atoms. The van der Waals surface area contributed by atoms with Crippen molar-refractivity contribution in [3.05, 3.63) is 59.2 Å². The molecule has 1 amide bonds. The van der Waals surface area contributed by atoms with Crippen LogP contribution in [-0.4, -0.2) is 22.5 Å². The number of aromatic nitrogens is 1. The van der Waals surface area contributed by atoms with Gasteiger partial charge in [0.05, 0.1) is 5.69 Å². The van der Waals surface area contributed by atoms with E-state index in [-0.39, 0.29) is 5.69 Å². The van der Waals surface area contributed by atoms with Crippen LogP contribution in [0.15, 0.2) is 36.4 Å². The Morgan fingerprint density at radius 3 is 2.67 bits per heavy atom. The van der Waals surface area contributed by atoms with Crippen molar-refractivity contribution in [1.29, 1.82) is 0 Å². The van der Waals surface area contributed by atoms with E-state index in [2.05, 4.69) is 16.8 Å². The predicted octanol–water partition coefficient (Wildman–Crippen LogP) is 4.16. The number of esters is 1. The van der Waals surface area contributed by atoms with Crippen molar-refractivity contribution in [2.45, 2.75) is 45.8 Å². The molecule has 1 aliphatic rings. The lowest BCUT2D eigenvalue weighted by atomic mass is 10.2. The fraction of sp³-hybridized carbons (Fsp3) is 0.333. The minimum atomic E-state index is -1.04. The van der Waals surface area contributed by atoms with E-state index in [9.17, 15) is 14.0 Å². The Balaban J connectivity index is 1.58. The summed E-state index contributed by atoms with van der Waals surface area (Å²) in [5.41, 5.74) is 3.29. The van der Waals surface area contributed by atoms with Gasteiger partial charge in [0.1, 0.15) is 5.82 Å². The summed E-state index contributed by atoms with van der Waals surface area (Å²) in [6, 6.07) is 8.42. The molecule has 0 radical (unpaired) electrons. The average Bonchev–Trinajstić information content (AvgIpc) is 3.41. The number of nitrogens with zero attached hydrogens (tertiary/aromatic N) is 1. The van der Waals surface area contributed by atoms with Crippen LogP contribution >= 0.6 is 0 Å². The number of hydrogen-bond donors (Lipinski definition) is 1. The molecule has 2 aromatic rings. The maximum atomic E-state index is 13.6. The second kappa shape index (κ2) is 7.78. The summed E-state index contributed by atoms with van der Waals surface area (Å²) in [7, 11) is 0. The molecule has 1 aliphatic carbocycles. The molecule has 27 heavy (non-hydrogen) atoms. The van der Waals surface area contributed by atoms with Gasteiger partial charge in [-0.05, 0) is 63.5 Å². The first-order valence-corrected chi connectivity index (χ1v) is 8.99. The van der Waals surface area contributed by atoms with Crippen molar-refractivity contribution in [3.63, 3.8) is 0 Å². The molecule has 6 heteroatoms. The highest BCUT2D eigenvalue weighted by atomic mass is 19.1. The Morgan fingerprint density at radius 2 is 2.00 bits per heavy atom. The zero-order valence-corrected chi connectivity index (χ0v) is 15.7. The second-order valence-electron chi connectivity index (χ2n) is 6.81. The molecule has 0 aliphatic heterocycles. The number of carbonyl (C=O) groups excluding carboxylic acids is 2. The lowest BCUT2D eigenvalue weighted by Gasteiger charge is -2.12. The quantitative estimate of drug-likeness (QED) is 0.613. The molecule has 142 valence electrons. The molecule has 0 spiro atoms. The molecule has 3 rings (SSSR count). The molecular weight excluding hydrogens is 347 g/mol. The molecule has 0 saturated heterocycles. The van der Waals surface area contributed by atoms with Crippen LogP contribution in [0, 0.1) is 19.7 Å². The Labute approximate surface area is 157 Å². The molecule has 0 unspecified atom stereocenters. The van der Waals surface area contributed by atoms with Crippen LogP contribution in [0.25, 0.3) is 6.08 Å². The summed E-state index contributed by atoms with van der Waals surface area (Å²) in [4.78, 5) is 24.1. The van der Waals surface area contributed by atoms with Crippen LogP contribution in [0.4, 0.5) is 10.1 Å². The van der Waals surface area contributed by atoms with E-state index in [1.165, 1.54) is 49.7 Å². The Bertz CT molecular complexity index is 897. The number of nitrogens with one attached hydrogen (secondary N) is 1. The normalized spacial score (nSPS) is 15.0. The summed E-state index contributed by atoms with van der Waals surface area (Å²) < 4.78 is 21.0. The highest BCUT2D eigenvalue weighted by Crippen LogP contribution is 2.38. The van der Waals surface area contributed by atoms with Crippen molar-refractivity contribution < 1.29 is 18.7 Å². The number of rotatable bonds is 6. The van der Waals surface area contributed by atoms with Gasteiger partial charge in [-0.25, -0.2) is 9.18 Å². The van der Waals surface area contributed by atoms with Gasteiger partial charge in [-0.3, -0.25) is 4.79 Å². The average molecular weight is 370 g/mol. The van der Waals surface area contributed by atoms with E-state index in [4.69, 9.17) is 4.74 Å². The number of para-hydroxylation sites is 1. The predicted molar refractivity (Wildman–Crippen MR) is 102 cm³/mol. The number of aryl methyl sites for hydroxylation is 1. The fourth-order valence-electron chi connectivity index (χ4n) is 3.09. The van der Waals surface area contributed by atoms with Crippen LogP contribution in [0.1, 0.15) is 42.8 Å². The standard InChI is InChI=1S/C21H23FN2O3/c1-13-12-16(14(2)24(13)17-9-10-17)8-11-20(25)27-15(3)21(26)23-19-7-5-4-6-18(19)22/h4-8,11-12,15,17H,9-10H2,1-3H3,(H,23,26)/b11-8+/t15-/m1/s1. The summed E-state index contributed by atoms with van der Waals surface area (Å²) in [5.74, 6) is -1.76. The maximum Gasteiger partial charge on any atom is 0.331 e. The minimum absolute atomic E-state index is 0.0495. The van der Waals surface area contributed by atoms with Crippen molar-refractivity contribution in [1.82, 2.24) is 4.57 Å². The fourth-order valence-corrected chi connectivity index (χ4v) is 3.09. The van der Waals surface area contributed by atoms with Crippen molar-refractivity contribution in [3.8, 4) is 0 Å². The first kappa shape index (κ1) is 18.9. The molecule has 1 heterocycles. The highest BCUT2D eigenvalue weighted by molar-refractivity contribution is 5.96. The van der Waals surface area contributed by atoms with Gasteiger partial charge in [-0.2, -0.15) is 0 Å². The number of benzene rings is 1. The zero-order chi connectivity index (χ0) is 19.6. The summed E-state index contributed by atoms with van der Waals surface area (Å²) in [6.45, 7) is 5.53. The third-order valence-corrected chi connectivity index (χ3v) is 4.63. The van der Waals surface area contributed by atoms with E-state index in [0.29, 0.717) is 6.04 Å². The molecule has 5 nitrogen and oxygen atoms in total. The first-order chi connectivity index (χ1) is 12.9. The van der Waals surface area contributed by atoms with Gasteiger partial charge in [-0.1, -0.05) is 12.1 Å². The van der Waals surface area contributed by atoms with Crippen LogP contribution in [0.2, 0.25) is 0 Å². The van der Waals surface area contributed by atoms with Crippen LogP contribution in [0.3, 0.4) is 0 Å². The van der Waals surface area contributed by atoms with Crippen molar-refractivity contribution >= 4 is 23.6 Å². The molecule has 1 saturated carbocycles. The molecule has 1 fully saturated rings. The minimum Gasteiger partial charge on any atom is -0.449 e. The third kappa shape index (κ3) is 4.45. The SMILES string of the molecule is Cc1cc(/C=C/C(=O)O[C@H](C)C(=O)Nc2ccccc2F)c(C)n1C1CC1. The van der Waals surface area contributed by atoms with Crippen LogP contribution in [0.5, 0.6) is 0 Å². The van der Waals surface area contributed by atoms with Crippen LogP contribution < -0.4 is 5.32 Å². The van der Waals surface area contributed by atoms with Crippen LogP contribution in [-0.2, 0) is 14.3 Å². The molecular formula is C21H23FN2O3. The monoisotopic (exact) mass is 370 g/mol. The molecule has 1 aromatic heterocycles. The Morgan fingerprint density at radius 1 is 1.30 bits per heavy atom. The lowest BCUT2D eigenvalue weighted by molar-refractivity contribution is -0.148. The summed E-state index contributed by atoms with van der Waals surface area (Å²) in [5, 5.41) is 2.41. The van der Waals surface area contributed by atoms with Gasteiger partial charge in [0.15, 0.2) is 6.10 Å². The number of carbonyl (C=O) groups is 2. The van der Waals surface area contributed by atoms with Crippen molar-refractivity contribution in [2.75, 3.05) is 5.32 Å². The Hall–Kier alpha value is -2.89. The lowest BCUT2D eigenvalue weighted by Crippen LogP contribution is -2.29. The smallest absolute Gasteiger partial charge is 0.331 e. The van der Waals surface area contributed by atoms with E-state index in [1.807, 2.05) is 13.0 Å². The second-order valence-corrected chi connectivity index (χ2v) is 6.81. The number of amides is 1. The van der Waals surface area contributed by atoms with Gasteiger partial charge >= 0.3 is 5.97 Å². The number of anilines is 1. The van der Waals surface area contributed by atoms with Gasteiger partial charge in [0, 0.05) is 23.5 Å². The van der Waals surface area contributed by atoms with E-state index >= 15 is 0 Å². The van der Waals surface area contributed by atoms with Crippen molar-refractivity contribution in [2.24, 2.45) is 0 Å². The van der Waals surface area contributed by atoms with Gasteiger partial charge in [0.2, 0.25) is 0 Å². The van der Waals surface area contributed by atoms with E-state index in [1.54, 1.807) is 12.1 Å². The van der Waals surface area contributed by atoms with E-state index in [0.717, 1.165) is 11.3 Å². The zero-order valence-electron chi connectivity index (χ0n) is 15.7. The molecule has 1 N–H and O–H groups in total. The summed E-state index contributed by atoms with van der Waals surface area (Å²) in [6.07, 6.45) is 4.35.